The minimum Gasteiger partial charge on any atom is -0.383 e. The molecule has 0 unspecified atom stereocenters. The number of benzene rings is 1. The monoisotopic (exact) mass is 259 g/mol. The van der Waals surface area contributed by atoms with Crippen molar-refractivity contribution in [1.29, 1.82) is 0 Å². The maximum absolute atomic E-state index is 13.1. The second-order valence-electron chi connectivity index (χ2n) is 4.00. The van der Waals surface area contributed by atoms with Crippen LogP contribution in [0.25, 0.3) is 22.8 Å². The molecule has 0 aliphatic heterocycles. The van der Waals surface area contributed by atoms with E-state index in [0.717, 1.165) is 0 Å². The van der Waals surface area contributed by atoms with E-state index in [4.69, 9.17) is 10.3 Å². The molecule has 7 heteroatoms. The smallest absolute Gasteiger partial charge is 0.263 e. The van der Waals surface area contributed by atoms with Crippen LogP contribution in [0.15, 0.2) is 35.0 Å². The van der Waals surface area contributed by atoms with Gasteiger partial charge in [0, 0.05) is 12.6 Å². The number of hydrogen-bond acceptors (Lipinski definition) is 5. The molecule has 0 saturated carbocycles. The van der Waals surface area contributed by atoms with Gasteiger partial charge >= 0.3 is 0 Å². The van der Waals surface area contributed by atoms with Crippen molar-refractivity contribution < 1.29 is 8.91 Å². The van der Waals surface area contributed by atoms with Crippen molar-refractivity contribution in [2.75, 3.05) is 5.73 Å². The number of aromatic nitrogens is 4. The van der Waals surface area contributed by atoms with Crippen molar-refractivity contribution in [3.63, 3.8) is 0 Å². The highest BCUT2D eigenvalue weighted by Crippen LogP contribution is 2.26. The highest BCUT2D eigenvalue weighted by atomic mass is 19.1. The van der Waals surface area contributed by atoms with Gasteiger partial charge in [0.25, 0.3) is 5.89 Å². The van der Waals surface area contributed by atoms with E-state index in [1.807, 2.05) is 0 Å². The Morgan fingerprint density at radius 2 is 2.21 bits per heavy atom. The summed E-state index contributed by atoms with van der Waals surface area (Å²) in [5.41, 5.74) is 6.91. The zero-order valence-corrected chi connectivity index (χ0v) is 10.0. The van der Waals surface area contributed by atoms with Crippen molar-refractivity contribution in [1.82, 2.24) is 19.9 Å². The fourth-order valence-electron chi connectivity index (χ4n) is 1.69. The number of hydrogen-bond donors (Lipinski definition) is 1. The standard InChI is InChI=1S/C12H10FN5O/c1-18-10(14)9(6-15-18)12-16-11(17-19-12)7-3-2-4-8(13)5-7/h2-6H,14H2,1H3. The molecule has 0 radical (unpaired) electrons. The first-order valence-electron chi connectivity index (χ1n) is 5.52. The van der Waals surface area contributed by atoms with Crippen LogP contribution in [0.4, 0.5) is 10.2 Å². The minimum absolute atomic E-state index is 0.255. The molecule has 3 aromatic rings. The van der Waals surface area contributed by atoms with Gasteiger partial charge in [0.05, 0.1) is 6.20 Å². The van der Waals surface area contributed by atoms with Gasteiger partial charge in [0.2, 0.25) is 5.82 Å². The van der Waals surface area contributed by atoms with Crippen LogP contribution >= 0.6 is 0 Å². The normalized spacial score (nSPS) is 10.8. The Labute approximate surface area is 107 Å². The highest BCUT2D eigenvalue weighted by molar-refractivity contribution is 5.68. The summed E-state index contributed by atoms with van der Waals surface area (Å²) in [4.78, 5) is 4.19. The third kappa shape index (κ3) is 1.95. The summed E-state index contributed by atoms with van der Waals surface area (Å²) in [6.07, 6.45) is 1.54. The topological polar surface area (TPSA) is 82.8 Å². The van der Waals surface area contributed by atoms with E-state index in [-0.39, 0.29) is 11.7 Å². The lowest BCUT2D eigenvalue weighted by Gasteiger charge is -1.94. The second kappa shape index (κ2) is 4.20. The summed E-state index contributed by atoms with van der Waals surface area (Å²) in [5, 5.41) is 7.80. The molecule has 1 aromatic carbocycles. The van der Waals surface area contributed by atoms with Gasteiger partial charge in [-0.2, -0.15) is 10.1 Å². The van der Waals surface area contributed by atoms with Gasteiger partial charge < -0.3 is 10.3 Å². The molecule has 19 heavy (non-hydrogen) atoms. The maximum Gasteiger partial charge on any atom is 0.263 e. The maximum atomic E-state index is 13.1. The lowest BCUT2D eigenvalue weighted by Crippen LogP contribution is -1.98. The zero-order chi connectivity index (χ0) is 13.4. The van der Waals surface area contributed by atoms with Gasteiger partial charge in [-0.05, 0) is 12.1 Å². The van der Waals surface area contributed by atoms with E-state index in [2.05, 4.69) is 15.2 Å². The van der Waals surface area contributed by atoms with E-state index in [1.165, 1.54) is 23.0 Å². The van der Waals surface area contributed by atoms with Crippen LogP contribution in [-0.2, 0) is 7.05 Å². The Bertz CT molecular complexity index is 733. The molecular formula is C12H10FN5O. The van der Waals surface area contributed by atoms with Crippen molar-refractivity contribution in [3.8, 4) is 22.8 Å². The van der Waals surface area contributed by atoms with E-state index in [0.29, 0.717) is 22.8 Å². The minimum atomic E-state index is -0.357. The van der Waals surface area contributed by atoms with E-state index < -0.39 is 0 Å². The number of halogens is 1. The zero-order valence-electron chi connectivity index (χ0n) is 10.0. The molecule has 2 heterocycles. The first kappa shape index (κ1) is 11.4. The second-order valence-corrected chi connectivity index (χ2v) is 4.00. The molecule has 0 fully saturated rings. The SMILES string of the molecule is Cn1ncc(-c2nc(-c3cccc(F)c3)no2)c1N. The molecule has 0 amide bonds. The molecule has 6 nitrogen and oxygen atoms in total. The van der Waals surface area contributed by atoms with Crippen LogP contribution in [0.5, 0.6) is 0 Å². The largest absolute Gasteiger partial charge is 0.383 e. The lowest BCUT2D eigenvalue weighted by atomic mass is 10.2. The van der Waals surface area contributed by atoms with Crippen molar-refractivity contribution in [3.05, 3.63) is 36.3 Å². The summed E-state index contributed by atoms with van der Waals surface area (Å²) in [6, 6.07) is 5.97. The molecule has 0 saturated heterocycles. The lowest BCUT2D eigenvalue weighted by molar-refractivity contribution is 0.432. The van der Waals surface area contributed by atoms with E-state index >= 15 is 0 Å². The van der Waals surface area contributed by atoms with Crippen molar-refractivity contribution >= 4 is 5.82 Å². The van der Waals surface area contributed by atoms with E-state index in [1.54, 1.807) is 19.2 Å². The number of aryl methyl sites for hydroxylation is 1. The van der Waals surface area contributed by atoms with Crippen LogP contribution in [0, 0.1) is 5.82 Å². The first-order valence-corrected chi connectivity index (χ1v) is 5.52. The molecule has 0 bridgehead atoms. The molecule has 0 atom stereocenters. The number of rotatable bonds is 2. The molecule has 3 rings (SSSR count). The Morgan fingerprint density at radius 3 is 2.89 bits per heavy atom. The third-order valence-electron chi connectivity index (χ3n) is 2.72. The van der Waals surface area contributed by atoms with Gasteiger partial charge in [0.1, 0.15) is 17.2 Å². The summed E-state index contributed by atoms with van der Waals surface area (Å²) >= 11 is 0. The summed E-state index contributed by atoms with van der Waals surface area (Å²) in [6.45, 7) is 0. The Morgan fingerprint density at radius 1 is 1.37 bits per heavy atom. The van der Waals surface area contributed by atoms with Crippen LogP contribution in [-0.4, -0.2) is 19.9 Å². The van der Waals surface area contributed by atoms with Crippen molar-refractivity contribution in [2.24, 2.45) is 7.05 Å². The highest BCUT2D eigenvalue weighted by Gasteiger charge is 2.15. The Hall–Kier alpha value is -2.70. The summed E-state index contributed by atoms with van der Waals surface area (Å²) in [5.74, 6) is 0.627. The number of nitrogens with zero attached hydrogens (tertiary/aromatic N) is 4. The van der Waals surface area contributed by atoms with Crippen LogP contribution in [0.1, 0.15) is 0 Å². The molecule has 0 aliphatic carbocycles. The van der Waals surface area contributed by atoms with Crippen molar-refractivity contribution in [2.45, 2.75) is 0 Å². The molecule has 0 spiro atoms. The quantitative estimate of drug-likeness (QED) is 0.759. The Balaban J connectivity index is 2.02. The average Bonchev–Trinajstić information content (AvgIpc) is 2.98. The third-order valence-corrected chi connectivity index (χ3v) is 2.72. The summed E-state index contributed by atoms with van der Waals surface area (Å²) in [7, 11) is 1.71. The van der Waals surface area contributed by atoms with Crippen LogP contribution < -0.4 is 5.73 Å². The number of nitrogen functional groups attached to an aromatic ring is 1. The number of nitrogens with two attached hydrogens (primary N) is 1. The molecule has 2 N–H and O–H groups in total. The number of anilines is 1. The fraction of sp³-hybridized carbons (Fsp3) is 0.0833. The van der Waals surface area contributed by atoms with Gasteiger partial charge in [-0.1, -0.05) is 17.3 Å². The van der Waals surface area contributed by atoms with E-state index in [9.17, 15) is 4.39 Å². The predicted molar refractivity (Wildman–Crippen MR) is 66.3 cm³/mol. The molecule has 96 valence electrons. The Kier molecular flexibility index (Phi) is 2.52. The van der Waals surface area contributed by atoms with Crippen LogP contribution in [0.3, 0.4) is 0 Å². The van der Waals surface area contributed by atoms with Gasteiger partial charge in [-0.25, -0.2) is 4.39 Å². The van der Waals surface area contributed by atoms with Gasteiger partial charge in [-0.15, -0.1) is 0 Å². The summed E-state index contributed by atoms with van der Waals surface area (Å²) < 4.78 is 19.8. The average molecular weight is 259 g/mol. The molecule has 2 aromatic heterocycles. The fourth-order valence-corrected chi connectivity index (χ4v) is 1.69. The molecular weight excluding hydrogens is 249 g/mol. The first-order chi connectivity index (χ1) is 9.15. The van der Waals surface area contributed by atoms with Gasteiger partial charge in [-0.3, -0.25) is 4.68 Å². The predicted octanol–water partition coefficient (Wildman–Crippen LogP) is 1.86. The van der Waals surface area contributed by atoms with Crippen LogP contribution in [0.2, 0.25) is 0 Å². The molecule has 0 aliphatic rings. The van der Waals surface area contributed by atoms with Gasteiger partial charge in [0.15, 0.2) is 0 Å².